The zero-order valence-electron chi connectivity index (χ0n) is 10.8. The summed E-state index contributed by atoms with van der Waals surface area (Å²) in [5.74, 6) is -0.325. The zero-order valence-corrected chi connectivity index (χ0v) is 11.6. The number of halogens is 1. The quantitative estimate of drug-likeness (QED) is 0.491. The molecular formula is C14H18FN3S. The highest BCUT2D eigenvalue weighted by Gasteiger charge is 2.06. The Morgan fingerprint density at radius 2 is 1.79 bits per heavy atom. The summed E-state index contributed by atoms with van der Waals surface area (Å²) in [7, 11) is 0. The van der Waals surface area contributed by atoms with Crippen LogP contribution in [0.5, 0.6) is 0 Å². The first-order valence-corrected chi connectivity index (χ1v) is 7.03. The maximum Gasteiger partial charge on any atom is 0.191 e. The van der Waals surface area contributed by atoms with Gasteiger partial charge in [-0.3, -0.25) is 5.43 Å². The number of anilines is 1. The van der Waals surface area contributed by atoms with Gasteiger partial charge in [-0.15, -0.1) is 0 Å². The van der Waals surface area contributed by atoms with Crippen LogP contribution in [0, 0.1) is 5.82 Å². The third kappa shape index (κ3) is 4.59. The summed E-state index contributed by atoms with van der Waals surface area (Å²) in [5, 5.41) is 7.43. The molecular weight excluding hydrogens is 261 g/mol. The lowest BCUT2D eigenvalue weighted by molar-refractivity contribution is 0.632. The molecule has 0 bridgehead atoms. The Balaban J connectivity index is 1.87. The largest absolute Gasteiger partial charge is 0.329 e. The summed E-state index contributed by atoms with van der Waals surface area (Å²) >= 11 is 5.10. The van der Waals surface area contributed by atoms with Gasteiger partial charge in [0.2, 0.25) is 0 Å². The van der Waals surface area contributed by atoms with Crippen molar-refractivity contribution in [3.8, 4) is 0 Å². The fourth-order valence-corrected chi connectivity index (χ4v) is 2.25. The molecule has 2 rings (SSSR count). The summed E-state index contributed by atoms with van der Waals surface area (Å²) in [4.78, 5) is 0. The van der Waals surface area contributed by atoms with Crippen molar-refractivity contribution in [2.24, 2.45) is 5.10 Å². The first-order chi connectivity index (χ1) is 9.25. The molecule has 1 aliphatic carbocycles. The molecule has 2 N–H and O–H groups in total. The molecule has 5 heteroatoms. The van der Waals surface area contributed by atoms with Crippen LogP contribution >= 0.6 is 12.2 Å². The van der Waals surface area contributed by atoms with Gasteiger partial charge in [-0.05, 0) is 50.0 Å². The minimum Gasteiger partial charge on any atom is -0.329 e. The Hall–Kier alpha value is -1.49. The summed E-state index contributed by atoms with van der Waals surface area (Å²) in [6, 6.07) is 6.43. The van der Waals surface area contributed by atoms with Gasteiger partial charge < -0.3 is 5.32 Å². The second-order valence-electron chi connectivity index (χ2n) is 4.64. The molecule has 3 nitrogen and oxygen atoms in total. The van der Waals surface area contributed by atoms with E-state index in [1.165, 1.54) is 31.7 Å². The molecule has 1 fully saturated rings. The van der Waals surface area contributed by atoms with Crippen molar-refractivity contribution < 1.29 is 4.39 Å². The number of rotatable bonds is 2. The molecule has 0 spiro atoms. The SMILES string of the molecule is Fc1ccccc1NC(=S)NN=C1CCCCCC1. The lowest BCUT2D eigenvalue weighted by Gasteiger charge is -2.09. The average molecular weight is 279 g/mol. The second kappa shape index (κ2) is 7.19. The number of hydrogen-bond donors (Lipinski definition) is 2. The number of hydrazone groups is 1. The summed E-state index contributed by atoms with van der Waals surface area (Å²) in [5.41, 5.74) is 4.31. The highest BCUT2D eigenvalue weighted by Crippen LogP contribution is 2.15. The van der Waals surface area contributed by atoms with Crippen molar-refractivity contribution >= 4 is 28.7 Å². The maximum absolute atomic E-state index is 13.4. The predicted molar refractivity (Wildman–Crippen MR) is 80.9 cm³/mol. The van der Waals surface area contributed by atoms with E-state index in [1.54, 1.807) is 18.2 Å². The van der Waals surface area contributed by atoms with E-state index in [0.717, 1.165) is 18.6 Å². The zero-order chi connectivity index (χ0) is 13.5. The van der Waals surface area contributed by atoms with Crippen LogP contribution in [0.15, 0.2) is 29.4 Å². The Kier molecular flexibility index (Phi) is 5.27. The van der Waals surface area contributed by atoms with Gasteiger partial charge >= 0.3 is 0 Å². The smallest absolute Gasteiger partial charge is 0.191 e. The van der Waals surface area contributed by atoms with Gasteiger partial charge in [-0.1, -0.05) is 25.0 Å². The van der Waals surface area contributed by atoms with E-state index in [0.29, 0.717) is 10.8 Å². The van der Waals surface area contributed by atoms with E-state index in [4.69, 9.17) is 12.2 Å². The van der Waals surface area contributed by atoms with Gasteiger partial charge in [-0.2, -0.15) is 5.10 Å². The third-order valence-corrected chi connectivity index (χ3v) is 3.31. The van der Waals surface area contributed by atoms with Crippen LogP contribution in [0.25, 0.3) is 0 Å². The van der Waals surface area contributed by atoms with E-state index in [2.05, 4.69) is 15.8 Å². The number of thiocarbonyl (C=S) groups is 1. The first-order valence-electron chi connectivity index (χ1n) is 6.62. The Morgan fingerprint density at radius 1 is 1.11 bits per heavy atom. The molecule has 1 saturated carbocycles. The minimum absolute atomic E-state index is 0.321. The van der Waals surface area contributed by atoms with Crippen LogP contribution in [-0.4, -0.2) is 10.8 Å². The topological polar surface area (TPSA) is 36.4 Å². The lowest BCUT2D eigenvalue weighted by atomic mass is 10.2. The van der Waals surface area contributed by atoms with Crippen molar-refractivity contribution in [3.05, 3.63) is 30.1 Å². The molecule has 0 saturated heterocycles. The van der Waals surface area contributed by atoms with E-state index < -0.39 is 0 Å². The van der Waals surface area contributed by atoms with Crippen LogP contribution in [0.4, 0.5) is 10.1 Å². The lowest BCUT2D eigenvalue weighted by Crippen LogP contribution is -2.25. The van der Waals surface area contributed by atoms with Crippen molar-refractivity contribution in [2.45, 2.75) is 38.5 Å². The molecule has 0 unspecified atom stereocenters. The molecule has 19 heavy (non-hydrogen) atoms. The van der Waals surface area contributed by atoms with Crippen molar-refractivity contribution in [1.82, 2.24) is 5.43 Å². The molecule has 1 aromatic carbocycles. The van der Waals surface area contributed by atoms with E-state index >= 15 is 0 Å². The van der Waals surface area contributed by atoms with Crippen LogP contribution in [0.2, 0.25) is 0 Å². The van der Waals surface area contributed by atoms with Crippen LogP contribution in [0.3, 0.4) is 0 Å². The number of nitrogens with one attached hydrogen (secondary N) is 2. The van der Waals surface area contributed by atoms with Crippen molar-refractivity contribution in [2.75, 3.05) is 5.32 Å². The summed E-state index contributed by atoms with van der Waals surface area (Å²) in [6.07, 6.45) is 6.97. The Bertz CT molecular complexity index is 464. The number of nitrogens with zero attached hydrogens (tertiary/aromatic N) is 1. The van der Waals surface area contributed by atoms with E-state index in [9.17, 15) is 4.39 Å². The molecule has 0 heterocycles. The minimum atomic E-state index is -0.325. The van der Waals surface area contributed by atoms with E-state index in [-0.39, 0.29) is 5.82 Å². The van der Waals surface area contributed by atoms with Gasteiger partial charge in [0.05, 0.1) is 5.69 Å². The Morgan fingerprint density at radius 3 is 2.47 bits per heavy atom. The molecule has 0 atom stereocenters. The second-order valence-corrected chi connectivity index (χ2v) is 5.05. The molecule has 0 aliphatic heterocycles. The van der Waals surface area contributed by atoms with Gasteiger partial charge in [0.25, 0.3) is 0 Å². The average Bonchev–Trinajstić information content (AvgIpc) is 2.68. The van der Waals surface area contributed by atoms with Crippen molar-refractivity contribution in [3.63, 3.8) is 0 Å². The number of hydrogen-bond acceptors (Lipinski definition) is 2. The van der Waals surface area contributed by atoms with Gasteiger partial charge in [0, 0.05) is 5.71 Å². The highest BCUT2D eigenvalue weighted by molar-refractivity contribution is 7.80. The highest BCUT2D eigenvalue weighted by atomic mass is 32.1. The third-order valence-electron chi connectivity index (χ3n) is 3.12. The number of benzene rings is 1. The normalized spacial score (nSPS) is 15.5. The Labute approximate surface area is 118 Å². The van der Waals surface area contributed by atoms with Gasteiger partial charge in [-0.25, -0.2) is 4.39 Å². The summed E-state index contributed by atoms with van der Waals surface area (Å²) < 4.78 is 13.4. The number of para-hydroxylation sites is 1. The van der Waals surface area contributed by atoms with Gasteiger partial charge in [0.15, 0.2) is 5.11 Å². The fourth-order valence-electron chi connectivity index (χ4n) is 2.09. The van der Waals surface area contributed by atoms with E-state index in [1.807, 2.05) is 0 Å². The van der Waals surface area contributed by atoms with Crippen molar-refractivity contribution in [1.29, 1.82) is 0 Å². The van der Waals surface area contributed by atoms with Gasteiger partial charge in [0.1, 0.15) is 5.82 Å². The van der Waals surface area contributed by atoms with Crippen LogP contribution in [-0.2, 0) is 0 Å². The fraction of sp³-hybridized carbons (Fsp3) is 0.429. The molecule has 0 amide bonds. The molecule has 1 aromatic rings. The van der Waals surface area contributed by atoms with Crippen LogP contribution in [0.1, 0.15) is 38.5 Å². The monoisotopic (exact) mass is 279 g/mol. The predicted octanol–water partition coefficient (Wildman–Crippen LogP) is 3.82. The maximum atomic E-state index is 13.4. The molecule has 102 valence electrons. The van der Waals surface area contributed by atoms with Crippen LogP contribution < -0.4 is 10.7 Å². The molecule has 1 aliphatic rings. The summed E-state index contributed by atoms with van der Waals surface area (Å²) in [6.45, 7) is 0. The first kappa shape index (κ1) is 13.9. The molecule has 0 radical (unpaired) electrons. The standard InChI is InChI=1S/C14H18FN3S/c15-12-9-5-6-10-13(12)16-14(19)18-17-11-7-3-1-2-4-8-11/h5-6,9-10H,1-4,7-8H2,(H2,16,18,19). The molecule has 0 aromatic heterocycles.